The molecule has 1 aromatic carbocycles. The number of aliphatic hydroxyl groups excluding tert-OH is 1. The molecule has 0 amide bonds. The maximum Gasteiger partial charge on any atom is 0.0791 e. The number of nitrogens with zero attached hydrogens (tertiary/aromatic N) is 3. The molecule has 2 N–H and O–H groups in total. The Morgan fingerprint density at radius 2 is 2.10 bits per heavy atom. The first kappa shape index (κ1) is 20.9. The van der Waals surface area contributed by atoms with Gasteiger partial charge in [-0.15, -0.1) is 0 Å². The number of aromatic nitrogens is 1. The average molecular weight is 399 g/mol. The second kappa shape index (κ2) is 9.17. The van der Waals surface area contributed by atoms with Gasteiger partial charge in [0.2, 0.25) is 0 Å². The van der Waals surface area contributed by atoms with Gasteiger partial charge in [-0.1, -0.05) is 11.6 Å². The third-order valence-electron chi connectivity index (χ3n) is 6.67. The number of hydrogen-bond donors (Lipinski definition) is 2. The lowest BCUT2D eigenvalue weighted by atomic mass is 9.89. The fraction of sp³-hybridized carbons (Fsp3) is 0.667. The van der Waals surface area contributed by atoms with Crippen LogP contribution in [0.25, 0.3) is 10.9 Å². The number of aryl methyl sites for hydroxylation is 2. The third-order valence-corrected chi connectivity index (χ3v) is 6.67. The summed E-state index contributed by atoms with van der Waals surface area (Å²) in [5, 5.41) is 15.6. The number of benzene rings is 1. The van der Waals surface area contributed by atoms with E-state index in [-0.39, 0.29) is 6.10 Å². The fourth-order valence-electron chi connectivity index (χ4n) is 5.29. The number of hydrogen-bond acceptors (Lipinski definition) is 4. The Hall–Kier alpha value is -1.40. The van der Waals surface area contributed by atoms with Gasteiger partial charge in [-0.3, -0.25) is 4.90 Å². The van der Waals surface area contributed by atoms with Gasteiger partial charge in [-0.2, -0.15) is 0 Å². The minimum Gasteiger partial charge on any atom is -0.390 e. The molecule has 0 fully saturated rings. The third kappa shape index (κ3) is 4.53. The van der Waals surface area contributed by atoms with Crippen molar-refractivity contribution in [2.24, 2.45) is 0 Å². The highest BCUT2D eigenvalue weighted by Crippen LogP contribution is 2.42. The van der Waals surface area contributed by atoms with Crippen LogP contribution in [0, 0.1) is 6.92 Å². The molecule has 2 atom stereocenters. The van der Waals surface area contributed by atoms with E-state index >= 15 is 0 Å². The molecular weight excluding hydrogens is 360 g/mol. The number of nitrogens with one attached hydrogen (secondary N) is 1. The Morgan fingerprint density at radius 1 is 1.24 bits per heavy atom. The molecule has 160 valence electrons. The van der Waals surface area contributed by atoms with E-state index < -0.39 is 0 Å². The second-order valence-corrected chi connectivity index (χ2v) is 9.31. The summed E-state index contributed by atoms with van der Waals surface area (Å²) in [5.74, 6) is 0. The van der Waals surface area contributed by atoms with E-state index in [1.807, 2.05) is 0 Å². The molecule has 0 saturated carbocycles. The van der Waals surface area contributed by atoms with E-state index in [1.165, 1.54) is 54.3 Å². The molecule has 0 bridgehead atoms. The van der Waals surface area contributed by atoms with Crippen LogP contribution >= 0.6 is 0 Å². The Morgan fingerprint density at radius 3 is 2.93 bits per heavy atom. The van der Waals surface area contributed by atoms with Crippen molar-refractivity contribution in [1.82, 2.24) is 19.7 Å². The molecule has 2 heterocycles. The van der Waals surface area contributed by atoms with Crippen molar-refractivity contribution in [2.45, 2.75) is 57.7 Å². The highest BCUT2D eigenvalue weighted by atomic mass is 16.3. The normalized spacial score (nSPS) is 20.4. The zero-order valence-corrected chi connectivity index (χ0v) is 18.5. The van der Waals surface area contributed by atoms with Gasteiger partial charge in [0.15, 0.2) is 0 Å². The molecule has 0 saturated heterocycles. The van der Waals surface area contributed by atoms with Gasteiger partial charge in [0.1, 0.15) is 0 Å². The van der Waals surface area contributed by atoms with E-state index in [1.54, 1.807) is 5.56 Å². The number of aliphatic hydroxyl groups is 1. The molecular formula is C24H38N4O. The van der Waals surface area contributed by atoms with E-state index in [4.69, 9.17) is 0 Å². The van der Waals surface area contributed by atoms with Crippen molar-refractivity contribution in [2.75, 3.05) is 46.8 Å². The molecule has 2 aromatic rings. The van der Waals surface area contributed by atoms with Crippen LogP contribution < -0.4 is 5.32 Å². The van der Waals surface area contributed by atoms with E-state index in [0.717, 1.165) is 32.7 Å². The van der Waals surface area contributed by atoms with Gasteiger partial charge < -0.3 is 19.9 Å². The summed E-state index contributed by atoms with van der Waals surface area (Å²) in [4.78, 5) is 4.77. The molecule has 29 heavy (non-hydrogen) atoms. The van der Waals surface area contributed by atoms with Gasteiger partial charge >= 0.3 is 0 Å². The van der Waals surface area contributed by atoms with E-state index in [9.17, 15) is 5.11 Å². The smallest absolute Gasteiger partial charge is 0.0791 e. The summed E-state index contributed by atoms with van der Waals surface area (Å²) in [6, 6.07) is 7.39. The van der Waals surface area contributed by atoms with Gasteiger partial charge in [0.05, 0.1) is 12.1 Å². The monoisotopic (exact) mass is 398 g/mol. The van der Waals surface area contributed by atoms with E-state index in [2.05, 4.69) is 58.9 Å². The molecule has 1 aliphatic carbocycles. The molecule has 4 rings (SSSR count). The summed E-state index contributed by atoms with van der Waals surface area (Å²) < 4.78 is 2.57. The zero-order valence-electron chi connectivity index (χ0n) is 18.5. The van der Waals surface area contributed by atoms with Crippen LogP contribution in [0.5, 0.6) is 0 Å². The first-order valence-electron chi connectivity index (χ1n) is 11.4. The molecule has 5 heteroatoms. The predicted molar refractivity (Wildman–Crippen MR) is 121 cm³/mol. The Bertz CT molecular complexity index is 828. The first-order valence-corrected chi connectivity index (χ1v) is 11.4. The first-order chi connectivity index (χ1) is 14.0. The van der Waals surface area contributed by atoms with Crippen LogP contribution in [0.2, 0.25) is 0 Å². The summed E-state index contributed by atoms with van der Waals surface area (Å²) in [6.07, 6.45) is 5.74. The molecule has 1 aliphatic heterocycles. The standard InChI is InChI=1S/C24H38N4O/c1-18-9-10-22-21(15-18)20-7-6-8-23-24(20)28(22)14-13-27(23)17-19(29)16-25-11-4-5-12-26(2)3/h9-10,15,19,23,25,29H,4-8,11-14,16-17H2,1-3H3. The van der Waals surface area contributed by atoms with Gasteiger partial charge in [0.25, 0.3) is 0 Å². The number of β-amino-alcohol motifs (C(OH)–C–C–N with tert-alkyl or cyclic N) is 1. The Kier molecular flexibility index (Phi) is 6.60. The maximum absolute atomic E-state index is 10.7. The minimum atomic E-state index is -0.299. The summed E-state index contributed by atoms with van der Waals surface area (Å²) >= 11 is 0. The van der Waals surface area contributed by atoms with E-state index in [0.29, 0.717) is 12.6 Å². The van der Waals surface area contributed by atoms with Crippen LogP contribution in [0.4, 0.5) is 0 Å². The second-order valence-electron chi connectivity index (χ2n) is 9.31. The van der Waals surface area contributed by atoms with Crippen LogP contribution in [-0.4, -0.2) is 72.4 Å². The van der Waals surface area contributed by atoms with Gasteiger partial charge in [0, 0.05) is 42.8 Å². The van der Waals surface area contributed by atoms with Crippen molar-refractivity contribution in [3.8, 4) is 0 Å². The van der Waals surface area contributed by atoms with Crippen molar-refractivity contribution in [3.63, 3.8) is 0 Å². The van der Waals surface area contributed by atoms with Crippen LogP contribution in [0.15, 0.2) is 18.2 Å². The molecule has 2 unspecified atom stereocenters. The zero-order chi connectivity index (χ0) is 20.4. The number of unbranched alkanes of at least 4 members (excludes halogenated alkanes) is 1. The van der Waals surface area contributed by atoms with Crippen molar-refractivity contribution < 1.29 is 5.11 Å². The lowest BCUT2D eigenvalue weighted by molar-refractivity contribution is 0.0641. The van der Waals surface area contributed by atoms with Crippen molar-refractivity contribution in [1.29, 1.82) is 0 Å². The maximum atomic E-state index is 10.7. The minimum absolute atomic E-state index is 0.299. The summed E-state index contributed by atoms with van der Waals surface area (Å²) in [5.41, 5.74) is 5.86. The average Bonchev–Trinajstić information content (AvgIpc) is 3.01. The lowest BCUT2D eigenvalue weighted by Gasteiger charge is -2.40. The number of rotatable bonds is 9. The van der Waals surface area contributed by atoms with Crippen LogP contribution in [0.1, 0.15) is 48.5 Å². The molecule has 0 radical (unpaired) electrons. The number of fused-ring (bicyclic) bond motifs is 3. The van der Waals surface area contributed by atoms with Crippen molar-refractivity contribution >= 4 is 10.9 Å². The fourth-order valence-corrected chi connectivity index (χ4v) is 5.29. The SMILES string of the molecule is Cc1ccc2c(c1)c1c3n2CCN(CC(O)CNCCCCN(C)C)C3CCC1. The highest BCUT2D eigenvalue weighted by Gasteiger charge is 2.35. The quantitative estimate of drug-likeness (QED) is 0.638. The Balaban J connectivity index is 1.37. The largest absolute Gasteiger partial charge is 0.390 e. The highest BCUT2D eigenvalue weighted by molar-refractivity contribution is 5.87. The summed E-state index contributed by atoms with van der Waals surface area (Å²) in [6.45, 7) is 7.86. The topological polar surface area (TPSA) is 43.7 Å². The lowest BCUT2D eigenvalue weighted by Crippen LogP contribution is -2.45. The molecule has 5 nitrogen and oxygen atoms in total. The molecule has 1 aromatic heterocycles. The predicted octanol–water partition coefficient (Wildman–Crippen LogP) is 2.94. The molecule has 0 spiro atoms. The van der Waals surface area contributed by atoms with Gasteiger partial charge in [-0.05, 0) is 83.9 Å². The summed E-state index contributed by atoms with van der Waals surface area (Å²) in [7, 11) is 4.24. The van der Waals surface area contributed by atoms with Crippen LogP contribution in [0.3, 0.4) is 0 Å². The Labute approximate surface area is 175 Å². The van der Waals surface area contributed by atoms with Crippen LogP contribution in [-0.2, 0) is 13.0 Å². The molecule has 2 aliphatic rings. The van der Waals surface area contributed by atoms with Crippen molar-refractivity contribution in [3.05, 3.63) is 35.0 Å². The van der Waals surface area contributed by atoms with Gasteiger partial charge in [-0.25, -0.2) is 0 Å².